The van der Waals surface area contributed by atoms with Crippen LogP contribution in [0, 0.1) is 17.3 Å². The number of non-ortho nitro benzene ring substituents is 1. The molecule has 2 aromatic carbocycles. The van der Waals surface area contributed by atoms with Gasteiger partial charge in [0, 0.05) is 12.1 Å². The molecule has 0 aliphatic rings. The zero-order valence-electron chi connectivity index (χ0n) is 8.72. The Morgan fingerprint density at radius 1 is 0.882 bits per heavy atom. The van der Waals surface area contributed by atoms with Crippen molar-refractivity contribution in [1.82, 2.24) is 0 Å². The van der Waals surface area contributed by atoms with Gasteiger partial charge in [-0.2, -0.15) is 0 Å². The largest absolute Gasteiger partial charge is 1.00 e. The first-order valence-corrected chi connectivity index (χ1v) is 6.86. The predicted molar refractivity (Wildman–Crippen MR) is 56.9 cm³/mol. The number of nitrogens with zero attached hydrogens (tertiary/aromatic N) is 1. The van der Waals surface area contributed by atoms with Crippen LogP contribution < -0.4 is 45.2 Å². The molecule has 0 aliphatic heterocycles. The van der Waals surface area contributed by atoms with Crippen LogP contribution in [0.25, 0.3) is 0 Å². The lowest BCUT2D eigenvalue weighted by Crippen LogP contribution is -3.61. The molecular weight excluding hydrogens is 444 g/mol. The van der Waals surface area contributed by atoms with E-state index in [1.165, 1.54) is 7.14 Å². The number of benzene rings is 2. The van der Waals surface area contributed by atoms with E-state index in [1.807, 2.05) is 30.3 Å². The molecular formula is C12H9I2NO2. The number of nitro benzene ring substituents is 1. The summed E-state index contributed by atoms with van der Waals surface area (Å²) < 4.78 is 2.51. The van der Waals surface area contributed by atoms with Crippen LogP contribution in [0.1, 0.15) is 0 Å². The van der Waals surface area contributed by atoms with Crippen LogP contribution >= 0.6 is 0 Å². The van der Waals surface area contributed by atoms with Crippen molar-refractivity contribution in [1.29, 1.82) is 0 Å². The van der Waals surface area contributed by atoms with Crippen LogP contribution in [-0.2, 0) is 0 Å². The van der Waals surface area contributed by atoms with Crippen LogP contribution in [0.5, 0.6) is 0 Å². The zero-order chi connectivity index (χ0) is 11.4. The summed E-state index contributed by atoms with van der Waals surface area (Å²) in [7, 11) is 0. The van der Waals surface area contributed by atoms with Crippen LogP contribution in [0.2, 0.25) is 0 Å². The van der Waals surface area contributed by atoms with Crippen LogP contribution in [-0.4, -0.2) is 4.92 Å². The van der Waals surface area contributed by atoms with E-state index in [0.717, 1.165) is 0 Å². The van der Waals surface area contributed by atoms with E-state index in [-0.39, 0.29) is 55.8 Å². The minimum atomic E-state index is -0.370. The molecule has 0 spiro atoms. The molecule has 0 fully saturated rings. The minimum absolute atomic E-state index is 0. The maximum atomic E-state index is 10.5. The highest BCUT2D eigenvalue weighted by Crippen LogP contribution is 2.07. The van der Waals surface area contributed by atoms with Gasteiger partial charge in [0.2, 0.25) is 0 Å². The third-order valence-electron chi connectivity index (χ3n) is 1.99. The van der Waals surface area contributed by atoms with Crippen molar-refractivity contribution >= 4 is 5.69 Å². The highest BCUT2D eigenvalue weighted by atomic mass is 127. The maximum absolute atomic E-state index is 10.5. The van der Waals surface area contributed by atoms with E-state index in [1.54, 1.807) is 12.1 Å². The molecule has 17 heavy (non-hydrogen) atoms. The summed E-state index contributed by atoms with van der Waals surface area (Å²) in [6, 6.07) is 17.0. The van der Waals surface area contributed by atoms with Gasteiger partial charge in [-0.15, -0.1) is 0 Å². The quantitative estimate of drug-likeness (QED) is 0.279. The van der Waals surface area contributed by atoms with Gasteiger partial charge in [-0.1, -0.05) is 18.2 Å². The van der Waals surface area contributed by atoms with Crippen molar-refractivity contribution in [2.75, 3.05) is 0 Å². The molecule has 2 rings (SSSR count). The molecule has 2 aromatic rings. The first-order valence-electron chi connectivity index (χ1n) is 4.70. The van der Waals surface area contributed by atoms with Gasteiger partial charge in [0.1, 0.15) is 0 Å². The smallest absolute Gasteiger partial charge is 0.357 e. The Kier molecular flexibility index (Phi) is 5.83. The lowest BCUT2D eigenvalue weighted by Gasteiger charge is -1.89. The Morgan fingerprint density at radius 3 is 1.94 bits per heavy atom. The predicted octanol–water partition coefficient (Wildman–Crippen LogP) is -3.27. The summed E-state index contributed by atoms with van der Waals surface area (Å²) >= 11 is -0.227. The molecule has 88 valence electrons. The van der Waals surface area contributed by atoms with Crippen LogP contribution in [0.4, 0.5) is 5.69 Å². The molecule has 3 nitrogen and oxygen atoms in total. The Balaban J connectivity index is 0.00000144. The minimum Gasteiger partial charge on any atom is -1.00 e. The van der Waals surface area contributed by atoms with E-state index in [0.29, 0.717) is 0 Å². The molecule has 0 aliphatic carbocycles. The molecule has 0 N–H and O–H groups in total. The molecule has 0 unspecified atom stereocenters. The molecule has 0 saturated carbocycles. The Hall–Kier alpha value is -0.700. The van der Waals surface area contributed by atoms with Gasteiger partial charge in [-0.3, -0.25) is 10.1 Å². The average Bonchev–Trinajstić information content (AvgIpc) is 2.31. The van der Waals surface area contributed by atoms with Gasteiger partial charge in [-0.05, 0) is 24.3 Å². The second-order valence-corrected chi connectivity index (χ2v) is 6.15. The fraction of sp³-hybridized carbons (Fsp3) is 0. The van der Waals surface area contributed by atoms with Crippen LogP contribution in [0.15, 0.2) is 54.6 Å². The topological polar surface area (TPSA) is 43.1 Å². The molecule has 0 atom stereocenters. The SMILES string of the molecule is O=[N+]([O-])c1ccc([I+]c2ccccc2)cc1.[I-]. The third-order valence-corrected chi connectivity index (χ3v) is 4.67. The van der Waals surface area contributed by atoms with Gasteiger partial charge < -0.3 is 24.0 Å². The second kappa shape index (κ2) is 6.90. The number of nitro groups is 1. The summed E-state index contributed by atoms with van der Waals surface area (Å²) in [6.07, 6.45) is 0. The standard InChI is InChI=1S/C12H9INO2.HI/c15-14(16)12-8-6-11(7-9-12)13-10-4-2-1-3-5-10;/h1-9H;1H/q+1;/p-1. The first kappa shape index (κ1) is 14.4. The van der Waals surface area contributed by atoms with E-state index in [2.05, 4.69) is 12.1 Å². The number of hydrogen-bond acceptors (Lipinski definition) is 2. The fourth-order valence-corrected chi connectivity index (χ4v) is 3.44. The van der Waals surface area contributed by atoms with Gasteiger partial charge in [0.05, 0.1) is 4.92 Å². The fourth-order valence-electron chi connectivity index (χ4n) is 1.23. The van der Waals surface area contributed by atoms with Crippen molar-refractivity contribution in [3.63, 3.8) is 0 Å². The third kappa shape index (κ3) is 4.23. The van der Waals surface area contributed by atoms with E-state index < -0.39 is 0 Å². The molecule has 0 aromatic heterocycles. The van der Waals surface area contributed by atoms with Crippen LogP contribution in [0.3, 0.4) is 0 Å². The molecule has 0 amide bonds. The molecule has 0 saturated heterocycles. The average molecular weight is 453 g/mol. The summed E-state index contributed by atoms with van der Waals surface area (Å²) in [4.78, 5) is 10.1. The first-order chi connectivity index (χ1) is 7.75. The normalized spacial score (nSPS) is 9.41. The maximum Gasteiger partial charge on any atom is 0.357 e. The van der Waals surface area contributed by atoms with Crippen molar-refractivity contribution in [3.8, 4) is 0 Å². The lowest BCUT2D eigenvalue weighted by molar-refractivity contribution is -0.597. The summed E-state index contributed by atoms with van der Waals surface area (Å²) in [6.45, 7) is 0. The summed E-state index contributed by atoms with van der Waals surface area (Å²) in [5.41, 5.74) is 0.154. The van der Waals surface area contributed by atoms with Gasteiger partial charge >= 0.3 is 21.2 Å². The monoisotopic (exact) mass is 453 g/mol. The summed E-state index contributed by atoms with van der Waals surface area (Å²) in [5, 5.41) is 10.5. The van der Waals surface area contributed by atoms with Crippen molar-refractivity contribution in [3.05, 3.63) is 71.9 Å². The Morgan fingerprint density at radius 2 is 1.41 bits per heavy atom. The van der Waals surface area contributed by atoms with Gasteiger partial charge in [0.25, 0.3) is 5.69 Å². The Bertz CT molecular complexity index is 486. The summed E-state index contributed by atoms with van der Waals surface area (Å²) in [5.74, 6) is 0. The highest BCUT2D eigenvalue weighted by molar-refractivity contribution is 5.27. The van der Waals surface area contributed by atoms with E-state index in [9.17, 15) is 10.1 Å². The van der Waals surface area contributed by atoms with E-state index in [4.69, 9.17) is 0 Å². The number of hydrogen-bond donors (Lipinski definition) is 0. The van der Waals surface area contributed by atoms with E-state index >= 15 is 0 Å². The zero-order valence-corrected chi connectivity index (χ0v) is 13.0. The lowest BCUT2D eigenvalue weighted by atomic mass is 10.3. The second-order valence-electron chi connectivity index (χ2n) is 3.12. The van der Waals surface area contributed by atoms with Crippen molar-refractivity contribution in [2.24, 2.45) is 0 Å². The number of halogens is 2. The highest BCUT2D eigenvalue weighted by Gasteiger charge is 2.16. The molecule has 5 heteroatoms. The number of rotatable bonds is 3. The molecule has 0 radical (unpaired) electrons. The van der Waals surface area contributed by atoms with Gasteiger partial charge in [0.15, 0.2) is 7.14 Å². The molecule has 0 heterocycles. The van der Waals surface area contributed by atoms with Crippen molar-refractivity contribution < 1.29 is 50.1 Å². The van der Waals surface area contributed by atoms with Gasteiger partial charge in [-0.25, -0.2) is 0 Å². The Labute approximate surface area is 127 Å². The molecule has 0 bridgehead atoms. The van der Waals surface area contributed by atoms with Crippen molar-refractivity contribution in [2.45, 2.75) is 0 Å².